The lowest BCUT2D eigenvalue weighted by Crippen LogP contribution is -2.39. The van der Waals surface area contributed by atoms with Crippen molar-refractivity contribution in [3.63, 3.8) is 0 Å². The first-order valence-electron chi connectivity index (χ1n) is 12.1. The fourth-order valence-electron chi connectivity index (χ4n) is 4.53. The lowest BCUT2D eigenvalue weighted by atomic mass is 9.97. The highest BCUT2D eigenvalue weighted by molar-refractivity contribution is 8.00. The van der Waals surface area contributed by atoms with Crippen LogP contribution in [0.5, 0.6) is 11.6 Å². The Morgan fingerprint density at radius 3 is 2.91 bits per heavy atom. The van der Waals surface area contributed by atoms with Crippen molar-refractivity contribution in [2.45, 2.75) is 24.3 Å². The van der Waals surface area contributed by atoms with Gasteiger partial charge in [0.2, 0.25) is 11.8 Å². The van der Waals surface area contributed by atoms with Crippen LogP contribution in [0.3, 0.4) is 0 Å². The molecule has 2 aliphatic heterocycles. The van der Waals surface area contributed by atoms with Crippen LogP contribution in [0.2, 0.25) is 0 Å². The fraction of sp³-hybridized carbons (Fsp3) is 0.423. The molecule has 8 nitrogen and oxygen atoms in total. The lowest BCUT2D eigenvalue weighted by Gasteiger charge is -2.31. The van der Waals surface area contributed by atoms with E-state index in [0.29, 0.717) is 24.2 Å². The number of nitrogens with one attached hydrogen (secondary N) is 2. The summed E-state index contributed by atoms with van der Waals surface area (Å²) in [6, 6.07) is 12.0. The number of hydrogen-bond acceptors (Lipinski definition) is 8. The molecule has 35 heavy (non-hydrogen) atoms. The summed E-state index contributed by atoms with van der Waals surface area (Å²) in [5, 5.41) is 6.57. The quantitative estimate of drug-likeness (QED) is 0.468. The zero-order valence-corrected chi connectivity index (χ0v) is 20.8. The molecule has 2 N–H and O–H groups in total. The average Bonchev–Trinajstić information content (AvgIpc) is 2.89. The van der Waals surface area contributed by atoms with Crippen molar-refractivity contribution in [2.24, 2.45) is 5.92 Å². The van der Waals surface area contributed by atoms with Crippen LogP contribution in [0.15, 0.2) is 47.5 Å². The molecule has 3 heterocycles. The Morgan fingerprint density at radius 1 is 1.17 bits per heavy atom. The molecule has 9 heteroatoms. The highest BCUT2D eigenvalue weighted by Crippen LogP contribution is 2.32. The number of rotatable bonds is 9. The topological polar surface area (TPSA) is 88.6 Å². The van der Waals surface area contributed by atoms with Crippen LogP contribution in [0.25, 0.3) is 11.0 Å². The monoisotopic (exact) mass is 493 g/mol. The van der Waals surface area contributed by atoms with Crippen molar-refractivity contribution < 1.29 is 14.3 Å². The molecule has 184 valence electrons. The maximum absolute atomic E-state index is 11.6. The van der Waals surface area contributed by atoms with Crippen molar-refractivity contribution in [1.29, 1.82) is 0 Å². The van der Waals surface area contributed by atoms with E-state index in [-0.39, 0.29) is 5.91 Å². The summed E-state index contributed by atoms with van der Waals surface area (Å²) in [5.41, 5.74) is 3.74. The number of piperidine rings is 1. The van der Waals surface area contributed by atoms with Gasteiger partial charge in [0.1, 0.15) is 12.4 Å². The van der Waals surface area contributed by atoms with Gasteiger partial charge in [-0.15, -0.1) is 11.8 Å². The zero-order valence-electron chi connectivity index (χ0n) is 20.0. The minimum absolute atomic E-state index is 0.0793. The molecule has 0 spiro atoms. The minimum atomic E-state index is 0.0793. The Morgan fingerprint density at radius 2 is 2.06 bits per heavy atom. The van der Waals surface area contributed by atoms with Gasteiger partial charge in [-0.1, -0.05) is 6.07 Å². The molecule has 1 aromatic heterocycles. The van der Waals surface area contributed by atoms with E-state index in [2.05, 4.69) is 43.7 Å². The van der Waals surface area contributed by atoms with Gasteiger partial charge in [0.15, 0.2) is 0 Å². The number of fused-ring (bicyclic) bond motifs is 2. The van der Waals surface area contributed by atoms with Crippen molar-refractivity contribution in [3.8, 4) is 11.6 Å². The molecule has 0 aliphatic carbocycles. The largest absolute Gasteiger partial charge is 0.497 e. The normalized spacial score (nSPS) is 16.7. The molecule has 1 fully saturated rings. The van der Waals surface area contributed by atoms with Gasteiger partial charge in [0.25, 0.3) is 0 Å². The van der Waals surface area contributed by atoms with E-state index in [1.165, 1.54) is 18.4 Å². The fourth-order valence-corrected chi connectivity index (χ4v) is 5.31. The second-order valence-corrected chi connectivity index (χ2v) is 10.0. The molecule has 5 rings (SSSR count). The maximum atomic E-state index is 11.6. The molecule has 2 aromatic carbocycles. The number of benzene rings is 2. The van der Waals surface area contributed by atoms with Crippen LogP contribution < -0.4 is 20.1 Å². The van der Waals surface area contributed by atoms with Gasteiger partial charge in [-0.25, -0.2) is 9.97 Å². The number of thioether (sulfide) groups is 1. The van der Waals surface area contributed by atoms with Gasteiger partial charge in [-0.2, -0.15) is 0 Å². The van der Waals surface area contributed by atoms with Crippen molar-refractivity contribution >= 4 is 34.4 Å². The third-order valence-corrected chi connectivity index (χ3v) is 7.60. The van der Waals surface area contributed by atoms with Crippen LogP contribution in [0.1, 0.15) is 18.4 Å². The van der Waals surface area contributed by atoms with Crippen molar-refractivity contribution in [1.82, 2.24) is 20.2 Å². The molecule has 0 bridgehead atoms. The summed E-state index contributed by atoms with van der Waals surface area (Å²) in [6.07, 6.45) is 4.04. The number of aromatic nitrogens is 2. The Kier molecular flexibility index (Phi) is 7.66. The number of likely N-dealkylation sites (tertiary alicyclic amines) is 1. The molecule has 0 radical (unpaired) electrons. The Hall–Kier alpha value is -2.88. The van der Waals surface area contributed by atoms with Gasteiger partial charge in [0.05, 0.1) is 35.8 Å². The van der Waals surface area contributed by atoms with E-state index >= 15 is 0 Å². The molecule has 2 aliphatic rings. The van der Waals surface area contributed by atoms with E-state index in [0.717, 1.165) is 60.1 Å². The van der Waals surface area contributed by atoms with Crippen LogP contribution in [0, 0.1) is 5.92 Å². The number of hydrogen-bond donors (Lipinski definition) is 2. The van der Waals surface area contributed by atoms with E-state index in [1.807, 2.05) is 18.2 Å². The molecule has 1 amide bonds. The second-order valence-electron chi connectivity index (χ2n) is 8.99. The number of anilines is 1. The first-order valence-corrected chi connectivity index (χ1v) is 13.1. The number of methoxy groups -OCH3 is 1. The first kappa shape index (κ1) is 23.8. The molecular formula is C26H31N5O3S. The summed E-state index contributed by atoms with van der Waals surface area (Å²) >= 11 is 1.60. The molecule has 3 aromatic rings. The molecule has 0 atom stereocenters. The molecular weight excluding hydrogens is 462 g/mol. The van der Waals surface area contributed by atoms with E-state index in [9.17, 15) is 4.79 Å². The average molecular weight is 494 g/mol. The standard InChI is InChI=1S/C26H31N5O3S/c1-33-20-3-4-21-22(13-20)30-26(16-28-21)34-11-10-31-8-6-18(7-9-31)14-27-15-19-2-5-24-23(12-19)29-25(32)17-35-24/h2-5,12-13,16,18,27H,6-11,14-15,17H2,1H3,(H,29,32). The van der Waals surface area contributed by atoms with Gasteiger partial charge >= 0.3 is 0 Å². The highest BCUT2D eigenvalue weighted by atomic mass is 32.2. The first-order chi connectivity index (χ1) is 17.2. The van der Waals surface area contributed by atoms with Crippen molar-refractivity contribution in [2.75, 3.05) is 51.0 Å². The molecule has 0 saturated carbocycles. The third kappa shape index (κ3) is 6.22. The predicted molar refractivity (Wildman–Crippen MR) is 138 cm³/mol. The van der Waals surface area contributed by atoms with Gasteiger partial charge in [-0.3, -0.25) is 9.69 Å². The maximum Gasteiger partial charge on any atom is 0.234 e. The van der Waals surface area contributed by atoms with Gasteiger partial charge < -0.3 is 20.1 Å². The third-order valence-electron chi connectivity index (χ3n) is 6.53. The molecule has 0 unspecified atom stereocenters. The van der Waals surface area contributed by atoms with Gasteiger partial charge in [-0.05, 0) is 68.2 Å². The molecule has 1 saturated heterocycles. The van der Waals surface area contributed by atoms with Gasteiger partial charge in [0, 0.05) is 24.1 Å². The Labute approximate surface area is 209 Å². The van der Waals surface area contributed by atoms with E-state index in [1.54, 1.807) is 25.1 Å². The Bertz CT molecular complexity index is 1180. The van der Waals surface area contributed by atoms with Crippen LogP contribution in [-0.4, -0.2) is 66.4 Å². The summed E-state index contributed by atoms with van der Waals surface area (Å²) in [6.45, 7) is 5.48. The Balaban J connectivity index is 1.01. The van der Waals surface area contributed by atoms with Crippen molar-refractivity contribution in [3.05, 3.63) is 48.2 Å². The zero-order chi connectivity index (χ0) is 24.0. The minimum Gasteiger partial charge on any atom is -0.497 e. The number of nitrogens with zero attached hydrogens (tertiary/aromatic N) is 3. The number of ether oxygens (including phenoxy) is 2. The van der Waals surface area contributed by atoms with Crippen LogP contribution >= 0.6 is 11.8 Å². The van der Waals surface area contributed by atoms with E-state index in [4.69, 9.17) is 9.47 Å². The summed E-state index contributed by atoms with van der Waals surface area (Å²) in [7, 11) is 1.64. The predicted octanol–water partition coefficient (Wildman–Crippen LogP) is 3.56. The SMILES string of the molecule is COc1ccc2ncc(OCCN3CCC(CNCc4ccc5c(c4)NC(=O)CS5)CC3)nc2c1. The number of carbonyl (C=O) groups excluding carboxylic acids is 1. The van der Waals surface area contributed by atoms with Crippen LogP contribution in [0.4, 0.5) is 5.69 Å². The smallest absolute Gasteiger partial charge is 0.234 e. The number of carbonyl (C=O) groups is 1. The number of amides is 1. The summed E-state index contributed by atoms with van der Waals surface area (Å²) < 4.78 is 11.1. The van der Waals surface area contributed by atoms with E-state index < -0.39 is 0 Å². The summed E-state index contributed by atoms with van der Waals surface area (Å²) in [5.74, 6) is 2.57. The highest BCUT2D eigenvalue weighted by Gasteiger charge is 2.19. The van der Waals surface area contributed by atoms with Crippen LogP contribution in [-0.2, 0) is 11.3 Å². The second kappa shape index (κ2) is 11.2. The lowest BCUT2D eigenvalue weighted by molar-refractivity contribution is -0.113. The summed E-state index contributed by atoms with van der Waals surface area (Å²) in [4.78, 5) is 24.2.